The zero-order chi connectivity index (χ0) is 28.2. The van der Waals surface area contributed by atoms with Crippen molar-refractivity contribution >= 4 is 23.9 Å². The highest BCUT2D eigenvalue weighted by molar-refractivity contribution is 5.88. The van der Waals surface area contributed by atoms with E-state index in [1.807, 2.05) is 6.08 Å². The fourth-order valence-electron chi connectivity index (χ4n) is 7.21. The molecule has 1 spiro atoms. The summed E-state index contributed by atoms with van der Waals surface area (Å²) in [7, 11) is 0. The van der Waals surface area contributed by atoms with Gasteiger partial charge in [0.05, 0.1) is 5.92 Å². The van der Waals surface area contributed by atoms with Gasteiger partial charge in [0, 0.05) is 41.9 Å². The van der Waals surface area contributed by atoms with Crippen LogP contribution in [0.1, 0.15) is 68.2 Å². The number of rotatable bonds is 6. The van der Waals surface area contributed by atoms with Crippen LogP contribution in [0, 0.1) is 28.6 Å². The van der Waals surface area contributed by atoms with E-state index in [-0.39, 0.29) is 17.3 Å². The van der Waals surface area contributed by atoms with Crippen molar-refractivity contribution in [3.63, 3.8) is 0 Å². The van der Waals surface area contributed by atoms with E-state index in [1.54, 1.807) is 39.8 Å². The van der Waals surface area contributed by atoms with Gasteiger partial charge in [-0.2, -0.15) is 0 Å². The van der Waals surface area contributed by atoms with Gasteiger partial charge in [0.2, 0.25) is 12.6 Å². The molecule has 1 aliphatic heterocycles. The molecule has 9 heteroatoms. The van der Waals surface area contributed by atoms with Crippen LogP contribution in [-0.4, -0.2) is 48.7 Å². The molecule has 4 aliphatic rings. The first-order valence-electron chi connectivity index (χ1n) is 13.2. The Bertz CT molecular complexity index is 1130. The van der Waals surface area contributed by atoms with Crippen molar-refractivity contribution in [3.8, 4) is 0 Å². The van der Waals surface area contributed by atoms with Gasteiger partial charge in [-0.15, -0.1) is 0 Å². The molecule has 8 atom stereocenters. The zero-order valence-corrected chi connectivity index (χ0v) is 23.4. The van der Waals surface area contributed by atoms with Crippen molar-refractivity contribution in [2.75, 3.05) is 0 Å². The molecule has 0 aromatic carbocycles. The average molecular weight is 531 g/mol. The van der Waals surface area contributed by atoms with Gasteiger partial charge in [-0.05, 0) is 57.9 Å². The minimum absolute atomic E-state index is 0.0495. The first kappa shape index (κ1) is 28.1. The summed E-state index contributed by atoms with van der Waals surface area (Å²) in [4.78, 5) is 49.9. The maximum Gasteiger partial charge on any atom is 0.333 e. The van der Waals surface area contributed by atoms with Gasteiger partial charge in [-0.3, -0.25) is 14.3 Å². The largest absolute Gasteiger partial charge is 0.458 e. The molecule has 2 saturated carbocycles. The molecule has 0 aromatic heterocycles. The van der Waals surface area contributed by atoms with Crippen LogP contribution >= 0.6 is 0 Å². The molecule has 9 nitrogen and oxygen atoms in total. The number of ether oxygens (including phenoxy) is 5. The van der Waals surface area contributed by atoms with Gasteiger partial charge in [0.1, 0.15) is 12.2 Å². The zero-order valence-electron chi connectivity index (χ0n) is 23.4. The molecule has 0 N–H and O–H groups in total. The lowest BCUT2D eigenvalue weighted by Crippen LogP contribution is -2.56. The van der Waals surface area contributed by atoms with Crippen LogP contribution in [0.2, 0.25) is 0 Å². The summed E-state index contributed by atoms with van der Waals surface area (Å²) in [5.41, 5.74) is 0.627. The summed E-state index contributed by atoms with van der Waals surface area (Å²) in [6.07, 6.45) is 2.90. The Morgan fingerprint density at radius 1 is 0.895 bits per heavy atom. The van der Waals surface area contributed by atoms with Crippen molar-refractivity contribution < 1.29 is 42.9 Å². The summed E-state index contributed by atoms with van der Waals surface area (Å²) < 4.78 is 29.4. The lowest BCUT2D eigenvalue weighted by Gasteiger charge is -2.50. The molecule has 1 heterocycles. The number of allylic oxidation sites excluding steroid dienone is 2. The molecule has 2 bridgehead atoms. The molecule has 4 rings (SSSR count). The first-order chi connectivity index (χ1) is 17.8. The van der Waals surface area contributed by atoms with Gasteiger partial charge in [0.25, 0.3) is 0 Å². The Balaban J connectivity index is 1.85. The summed E-state index contributed by atoms with van der Waals surface area (Å²) in [5.74, 6) is -2.62. The highest BCUT2D eigenvalue weighted by atomic mass is 16.8. The Morgan fingerprint density at radius 2 is 1.47 bits per heavy atom. The highest BCUT2D eigenvalue weighted by Crippen LogP contribution is 2.75. The van der Waals surface area contributed by atoms with Gasteiger partial charge in [0.15, 0.2) is 0 Å². The van der Waals surface area contributed by atoms with Crippen LogP contribution < -0.4 is 0 Å². The fourth-order valence-corrected chi connectivity index (χ4v) is 7.21. The number of hydrogen-bond acceptors (Lipinski definition) is 9. The third kappa shape index (κ3) is 4.38. The Hall–Kier alpha value is -2.94. The third-order valence-electron chi connectivity index (χ3n) is 9.15. The van der Waals surface area contributed by atoms with E-state index in [4.69, 9.17) is 23.7 Å². The van der Waals surface area contributed by atoms with E-state index in [1.165, 1.54) is 13.8 Å². The second kappa shape index (κ2) is 9.98. The lowest BCUT2D eigenvalue weighted by molar-refractivity contribution is -0.281. The van der Waals surface area contributed by atoms with Crippen LogP contribution in [0.4, 0.5) is 0 Å². The SMILES string of the molecule is C/C=C(/C)C(=O)O[C@H]1C=C2[C@H](OC(C)=O)O[C@@H](OC(C)=O)[C@H]3[C@@H](OC(=O)/C(C)=C\C)C[C@@H]4C(C)(C)[C@@H]1C[C@]234. The molecular formula is C29H38O9. The van der Waals surface area contributed by atoms with Crippen molar-refractivity contribution in [2.45, 2.75) is 93.0 Å². The number of fused-ring (bicyclic) bond motifs is 1. The number of carbonyl (C=O) groups excluding carboxylic acids is 4. The van der Waals surface area contributed by atoms with E-state index in [9.17, 15) is 19.2 Å². The average Bonchev–Trinajstić information content (AvgIpc) is 3.25. The molecule has 208 valence electrons. The molecular weight excluding hydrogens is 492 g/mol. The Labute approximate surface area is 223 Å². The standard InChI is InChI=1S/C29H38O9/c1-9-14(3)24(32)36-20-11-18-26(34-16(5)30)38-27(35-17(6)31)23-21(37-25(33)15(4)10-2)12-22-28(7,8)19(20)13-29(18,22)23/h9-11,19-23,26-27H,12-13H2,1-8H3/b14-9-,15-10-/t19-,20+,21+,22-,23-,26-,27-,29-/m1/s1. The second-order valence-electron chi connectivity index (χ2n) is 11.4. The monoisotopic (exact) mass is 530 g/mol. The van der Waals surface area contributed by atoms with E-state index in [2.05, 4.69) is 13.8 Å². The molecule has 3 aliphatic carbocycles. The maximum absolute atomic E-state index is 12.9. The molecule has 38 heavy (non-hydrogen) atoms. The van der Waals surface area contributed by atoms with Crippen LogP contribution in [0.3, 0.4) is 0 Å². The summed E-state index contributed by atoms with van der Waals surface area (Å²) in [5, 5.41) is 0. The molecule has 0 unspecified atom stereocenters. The molecule has 0 radical (unpaired) electrons. The molecule has 1 saturated heterocycles. The van der Waals surface area contributed by atoms with Gasteiger partial charge < -0.3 is 18.9 Å². The Morgan fingerprint density at radius 3 is 2.03 bits per heavy atom. The van der Waals surface area contributed by atoms with Gasteiger partial charge in [-0.25, -0.2) is 9.59 Å². The summed E-state index contributed by atoms with van der Waals surface area (Å²) in [6, 6.07) is 0. The summed E-state index contributed by atoms with van der Waals surface area (Å²) >= 11 is 0. The highest BCUT2D eigenvalue weighted by Gasteiger charge is 2.76. The number of carbonyl (C=O) groups is 4. The Kier molecular flexibility index (Phi) is 7.38. The normalized spacial score (nSPS) is 37.1. The van der Waals surface area contributed by atoms with Crippen LogP contribution in [0.5, 0.6) is 0 Å². The van der Waals surface area contributed by atoms with E-state index in [0.29, 0.717) is 29.6 Å². The molecule has 0 amide bonds. The topological polar surface area (TPSA) is 114 Å². The number of hydrogen-bond donors (Lipinski definition) is 0. The quantitative estimate of drug-likeness (QED) is 0.216. The third-order valence-corrected chi connectivity index (χ3v) is 9.15. The van der Waals surface area contributed by atoms with Crippen molar-refractivity contribution in [1.82, 2.24) is 0 Å². The summed E-state index contributed by atoms with van der Waals surface area (Å²) in [6.45, 7) is 13.8. The van der Waals surface area contributed by atoms with Gasteiger partial charge >= 0.3 is 23.9 Å². The lowest BCUT2D eigenvalue weighted by atomic mass is 9.62. The van der Waals surface area contributed by atoms with Crippen LogP contribution in [0.15, 0.2) is 34.9 Å². The van der Waals surface area contributed by atoms with Crippen molar-refractivity contribution in [2.24, 2.45) is 28.6 Å². The predicted octanol–water partition coefficient (Wildman–Crippen LogP) is 4.16. The van der Waals surface area contributed by atoms with E-state index in [0.717, 1.165) is 0 Å². The van der Waals surface area contributed by atoms with Crippen LogP contribution in [0.25, 0.3) is 0 Å². The van der Waals surface area contributed by atoms with E-state index < -0.39 is 60.0 Å². The van der Waals surface area contributed by atoms with Gasteiger partial charge in [-0.1, -0.05) is 26.0 Å². The minimum atomic E-state index is -1.14. The maximum atomic E-state index is 12.9. The number of esters is 4. The van der Waals surface area contributed by atoms with E-state index >= 15 is 0 Å². The molecule has 0 aromatic rings. The molecule has 3 fully saturated rings. The first-order valence-corrected chi connectivity index (χ1v) is 13.2. The fraction of sp³-hybridized carbons (Fsp3) is 0.655. The second-order valence-corrected chi connectivity index (χ2v) is 11.4. The predicted molar refractivity (Wildman–Crippen MR) is 135 cm³/mol. The smallest absolute Gasteiger partial charge is 0.333 e. The van der Waals surface area contributed by atoms with Crippen molar-refractivity contribution in [1.29, 1.82) is 0 Å². The minimum Gasteiger partial charge on any atom is -0.458 e. The van der Waals surface area contributed by atoms with Crippen LogP contribution in [-0.2, 0) is 42.9 Å². The van der Waals surface area contributed by atoms with Crippen molar-refractivity contribution in [3.05, 3.63) is 34.9 Å².